The van der Waals surface area contributed by atoms with Crippen molar-refractivity contribution in [1.29, 1.82) is 0 Å². The van der Waals surface area contributed by atoms with E-state index in [1.54, 1.807) is 0 Å². The Labute approximate surface area is 102 Å². The van der Waals surface area contributed by atoms with Gasteiger partial charge in [0.1, 0.15) is 0 Å². The second-order valence-corrected chi connectivity index (χ2v) is 5.23. The second-order valence-electron chi connectivity index (χ2n) is 5.23. The number of likely N-dealkylation sites (tertiary alicyclic amines) is 1. The Balaban J connectivity index is 1.82. The number of aliphatic hydroxyl groups excluding tert-OH is 1. The molecule has 2 heterocycles. The van der Waals surface area contributed by atoms with Crippen molar-refractivity contribution in [2.75, 3.05) is 32.7 Å². The molecule has 1 N–H and O–H groups in total. The van der Waals surface area contributed by atoms with Gasteiger partial charge in [-0.3, -0.25) is 9.69 Å². The third kappa shape index (κ3) is 3.40. The highest BCUT2D eigenvalue weighted by atomic mass is 16.5. The van der Waals surface area contributed by atoms with Crippen LogP contribution in [0.2, 0.25) is 0 Å². The largest absolute Gasteiger partial charge is 0.392 e. The van der Waals surface area contributed by atoms with Crippen LogP contribution >= 0.6 is 0 Å². The number of aliphatic hydroxyl groups is 1. The van der Waals surface area contributed by atoms with Crippen molar-refractivity contribution in [3.8, 4) is 0 Å². The number of morpholine rings is 1. The first-order valence-electron chi connectivity index (χ1n) is 6.38. The van der Waals surface area contributed by atoms with Gasteiger partial charge in [0.25, 0.3) is 0 Å². The quantitative estimate of drug-likeness (QED) is 0.721. The van der Waals surface area contributed by atoms with Gasteiger partial charge in [-0.2, -0.15) is 0 Å². The summed E-state index contributed by atoms with van der Waals surface area (Å²) in [5, 5.41) is 9.42. The number of hydrogen-bond acceptors (Lipinski definition) is 4. The van der Waals surface area contributed by atoms with Gasteiger partial charge in [-0.15, -0.1) is 0 Å². The highest BCUT2D eigenvalue weighted by Crippen LogP contribution is 2.13. The van der Waals surface area contributed by atoms with Gasteiger partial charge in [0.05, 0.1) is 24.9 Å². The molecule has 0 saturated carbocycles. The van der Waals surface area contributed by atoms with Crippen molar-refractivity contribution in [2.24, 2.45) is 0 Å². The van der Waals surface area contributed by atoms with Gasteiger partial charge in [-0.1, -0.05) is 0 Å². The van der Waals surface area contributed by atoms with Gasteiger partial charge in [-0.25, -0.2) is 0 Å². The van der Waals surface area contributed by atoms with Gasteiger partial charge in [0.2, 0.25) is 5.91 Å². The minimum Gasteiger partial charge on any atom is -0.392 e. The predicted octanol–water partition coefficient (Wildman–Crippen LogP) is -0.311. The molecule has 2 rings (SSSR count). The maximum Gasteiger partial charge on any atom is 0.236 e. The van der Waals surface area contributed by atoms with Crippen molar-refractivity contribution < 1.29 is 14.6 Å². The molecule has 0 bridgehead atoms. The van der Waals surface area contributed by atoms with E-state index < -0.39 is 0 Å². The third-order valence-corrected chi connectivity index (χ3v) is 3.38. The first-order chi connectivity index (χ1) is 8.04. The molecule has 98 valence electrons. The van der Waals surface area contributed by atoms with Crippen LogP contribution < -0.4 is 0 Å². The molecule has 0 aromatic rings. The highest BCUT2D eigenvalue weighted by Gasteiger charge is 2.28. The van der Waals surface area contributed by atoms with E-state index in [-0.39, 0.29) is 24.2 Å². The summed E-state index contributed by atoms with van der Waals surface area (Å²) < 4.78 is 5.61. The zero-order valence-electron chi connectivity index (χ0n) is 10.6. The number of rotatable bonds is 2. The SMILES string of the molecule is CC1CN(C(=O)CN2CC[C@H](O)C2)CC(C)O1. The van der Waals surface area contributed by atoms with Crippen molar-refractivity contribution in [3.05, 3.63) is 0 Å². The standard InChI is InChI=1S/C12H22N2O3/c1-9-5-14(6-10(2)17-9)12(16)8-13-4-3-11(15)7-13/h9-11,15H,3-8H2,1-2H3/t9?,10?,11-/m0/s1. The average molecular weight is 242 g/mol. The van der Waals surface area contributed by atoms with E-state index >= 15 is 0 Å². The summed E-state index contributed by atoms with van der Waals surface area (Å²) in [5.41, 5.74) is 0. The van der Waals surface area contributed by atoms with Gasteiger partial charge >= 0.3 is 0 Å². The summed E-state index contributed by atoms with van der Waals surface area (Å²) in [6.45, 7) is 7.23. The van der Waals surface area contributed by atoms with Crippen LogP contribution in [0.25, 0.3) is 0 Å². The summed E-state index contributed by atoms with van der Waals surface area (Å²) in [6, 6.07) is 0. The molecule has 2 aliphatic rings. The molecule has 0 aromatic heterocycles. The van der Waals surface area contributed by atoms with E-state index in [2.05, 4.69) is 0 Å². The molecule has 5 heteroatoms. The molecule has 0 aromatic carbocycles. The molecule has 0 aliphatic carbocycles. The predicted molar refractivity (Wildman–Crippen MR) is 63.7 cm³/mol. The van der Waals surface area contributed by atoms with E-state index in [0.29, 0.717) is 26.2 Å². The fourth-order valence-corrected chi connectivity index (χ4v) is 2.63. The Bertz CT molecular complexity index is 275. The number of hydrogen-bond donors (Lipinski definition) is 1. The van der Waals surface area contributed by atoms with Crippen LogP contribution in [0.3, 0.4) is 0 Å². The molecule has 3 atom stereocenters. The van der Waals surface area contributed by atoms with Gasteiger partial charge < -0.3 is 14.7 Å². The first-order valence-corrected chi connectivity index (χ1v) is 6.38. The Hall–Kier alpha value is -0.650. The maximum atomic E-state index is 12.1. The molecule has 1 amide bonds. The Morgan fingerprint density at radius 3 is 2.47 bits per heavy atom. The topological polar surface area (TPSA) is 53.0 Å². The van der Waals surface area contributed by atoms with Crippen molar-refractivity contribution in [1.82, 2.24) is 9.80 Å². The van der Waals surface area contributed by atoms with Crippen LogP contribution in [0.1, 0.15) is 20.3 Å². The zero-order valence-corrected chi connectivity index (χ0v) is 10.6. The number of β-amino-alcohol motifs (C(OH)–C–C–N with tert-alkyl or cyclic N) is 1. The maximum absolute atomic E-state index is 12.1. The van der Waals surface area contributed by atoms with E-state index in [4.69, 9.17) is 4.74 Å². The van der Waals surface area contributed by atoms with E-state index in [1.165, 1.54) is 0 Å². The van der Waals surface area contributed by atoms with Crippen LogP contribution in [0.15, 0.2) is 0 Å². The molecular formula is C12H22N2O3. The third-order valence-electron chi connectivity index (χ3n) is 3.38. The Kier molecular flexibility index (Phi) is 4.01. The molecule has 2 fully saturated rings. The molecule has 2 aliphatic heterocycles. The lowest BCUT2D eigenvalue weighted by Gasteiger charge is -2.36. The van der Waals surface area contributed by atoms with E-state index in [0.717, 1.165) is 13.0 Å². The number of carbonyl (C=O) groups is 1. The summed E-state index contributed by atoms with van der Waals surface area (Å²) in [5.74, 6) is 0.154. The van der Waals surface area contributed by atoms with Crippen molar-refractivity contribution >= 4 is 5.91 Å². The minimum absolute atomic E-state index is 0.117. The fourth-order valence-electron chi connectivity index (χ4n) is 2.63. The van der Waals surface area contributed by atoms with Crippen LogP contribution in [-0.4, -0.2) is 71.8 Å². The molecule has 0 radical (unpaired) electrons. The zero-order chi connectivity index (χ0) is 12.4. The Morgan fingerprint density at radius 1 is 1.29 bits per heavy atom. The molecule has 0 spiro atoms. The fraction of sp³-hybridized carbons (Fsp3) is 0.917. The highest BCUT2D eigenvalue weighted by molar-refractivity contribution is 5.78. The van der Waals surface area contributed by atoms with Crippen LogP contribution in [0, 0.1) is 0 Å². The van der Waals surface area contributed by atoms with Crippen molar-refractivity contribution in [2.45, 2.75) is 38.6 Å². The summed E-state index contributed by atoms with van der Waals surface area (Å²) >= 11 is 0. The van der Waals surface area contributed by atoms with Gasteiger partial charge in [0, 0.05) is 26.2 Å². The molecular weight excluding hydrogens is 220 g/mol. The molecule has 2 saturated heterocycles. The second kappa shape index (κ2) is 5.33. The first kappa shape index (κ1) is 12.8. The number of carbonyl (C=O) groups excluding carboxylic acids is 1. The van der Waals surface area contributed by atoms with Crippen LogP contribution in [-0.2, 0) is 9.53 Å². The monoisotopic (exact) mass is 242 g/mol. The van der Waals surface area contributed by atoms with E-state index in [1.807, 2.05) is 23.6 Å². The van der Waals surface area contributed by atoms with Crippen LogP contribution in [0.4, 0.5) is 0 Å². The smallest absolute Gasteiger partial charge is 0.236 e. The van der Waals surface area contributed by atoms with Crippen LogP contribution in [0.5, 0.6) is 0 Å². The van der Waals surface area contributed by atoms with Gasteiger partial charge in [-0.05, 0) is 20.3 Å². The van der Waals surface area contributed by atoms with Crippen molar-refractivity contribution in [3.63, 3.8) is 0 Å². The number of nitrogens with zero attached hydrogens (tertiary/aromatic N) is 2. The number of amides is 1. The molecule has 5 nitrogen and oxygen atoms in total. The normalized spacial score (nSPS) is 35.2. The lowest BCUT2D eigenvalue weighted by molar-refractivity contribution is -0.144. The average Bonchev–Trinajstić information content (AvgIpc) is 2.62. The van der Waals surface area contributed by atoms with E-state index in [9.17, 15) is 9.90 Å². The molecule has 2 unspecified atom stereocenters. The Morgan fingerprint density at radius 2 is 1.94 bits per heavy atom. The number of ether oxygens (including phenoxy) is 1. The molecule has 17 heavy (non-hydrogen) atoms. The lowest BCUT2D eigenvalue weighted by atomic mass is 10.2. The summed E-state index contributed by atoms with van der Waals surface area (Å²) in [6.07, 6.45) is 0.757. The van der Waals surface area contributed by atoms with Gasteiger partial charge in [0.15, 0.2) is 0 Å². The lowest BCUT2D eigenvalue weighted by Crippen LogP contribution is -2.50. The minimum atomic E-state index is -0.259. The summed E-state index contributed by atoms with van der Waals surface area (Å²) in [4.78, 5) is 16.0. The summed E-state index contributed by atoms with van der Waals surface area (Å²) in [7, 11) is 0.